The maximum atomic E-state index is 12.3. The number of rotatable bonds is 2. The van der Waals surface area contributed by atoms with Crippen molar-refractivity contribution >= 4 is 33.2 Å². The number of primary sulfonamides is 1. The second kappa shape index (κ2) is 4.62. The summed E-state index contributed by atoms with van der Waals surface area (Å²) in [4.78, 5) is 14.4. The van der Waals surface area contributed by atoms with Crippen LogP contribution in [0.5, 0.6) is 0 Å². The number of nitrogens with two attached hydrogens (primary N) is 1. The molecule has 0 radical (unpaired) electrons. The molecular formula is C11H10N4O3S2. The van der Waals surface area contributed by atoms with Crippen LogP contribution in [0, 0.1) is 0 Å². The molecule has 104 valence electrons. The Morgan fingerprint density at radius 3 is 2.85 bits per heavy atom. The van der Waals surface area contributed by atoms with Crippen LogP contribution in [0.2, 0.25) is 0 Å². The highest BCUT2D eigenvalue weighted by Gasteiger charge is 2.27. The van der Waals surface area contributed by atoms with E-state index >= 15 is 0 Å². The Morgan fingerprint density at radius 1 is 1.40 bits per heavy atom. The summed E-state index contributed by atoms with van der Waals surface area (Å²) in [6, 6.07) is 4.53. The number of amides is 1. The van der Waals surface area contributed by atoms with Crippen LogP contribution in [0.3, 0.4) is 0 Å². The van der Waals surface area contributed by atoms with Crippen molar-refractivity contribution in [1.82, 2.24) is 9.59 Å². The largest absolute Gasteiger partial charge is 0.307 e. The minimum Gasteiger partial charge on any atom is -0.307 e. The summed E-state index contributed by atoms with van der Waals surface area (Å²) in [6.07, 6.45) is 2.01. The van der Waals surface area contributed by atoms with Crippen molar-refractivity contribution < 1.29 is 13.2 Å². The van der Waals surface area contributed by atoms with E-state index in [4.69, 9.17) is 5.14 Å². The zero-order valence-corrected chi connectivity index (χ0v) is 11.8. The first-order valence-electron chi connectivity index (χ1n) is 5.72. The smallest absolute Gasteiger partial charge is 0.271 e. The predicted octanol–water partition coefficient (Wildman–Crippen LogP) is 0.388. The second-order valence-electron chi connectivity index (χ2n) is 4.32. The van der Waals surface area contributed by atoms with Gasteiger partial charge in [-0.3, -0.25) is 4.79 Å². The van der Waals surface area contributed by atoms with Crippen molar-refractivity contribution in [3.8, 4) is 0 Å². The van der Waals surface area contributed by atoms with Crippen LogP contribution in [0.1, 0.15) is 15.2 Å². The third-order valence-electron chi connectivity index (χ3n) is 3.09. The van der Waals surface area contributed by atoms with E-state index in [2.05, 4.69) is 9.59 Å². The maximum Gasteiger partial charge on any atom is 0.271 e. The lowest BCUT2D eigenvalue weighted by Gasteiger charge is -2.15. The summed E-state index contributed by atoms with van der Waals surface area (Å²) < 4.78 is 26.3. The summed E-state index contributed by atoms with van der Waals surface area (Å²) in [6.45, 7) is 0.500. The van der Waals surface area contributed by atoms with Crippen molar-refractivity contribution in [2.75, 3.05) is 11.4 Å². The van der Waals surface area contributed by atoms with Crippen molar-refractivity contribution in [1.29, 1.82) is 0 Å². The number of sulfonamides is 1. The van der Waals surface area contributed by atoms with E-state index in [-0.39, 0.29) is 10.8 Å². The summed E-state index contributed by atoms with van der Waals surface area (Å²) in [5, 5.41) is 8.74. The number of nitrogens with zero attached hydrogens (tertiary/aromatic N) is 3. The number of fused-ring (bicyclic) bond motifs is 1. The molecule has 1 aromatic heterocycles. The average Bonchev–Trinajstić information content (AvgIpc) is 3.06. The lowest BCUT2D eigenvalue weighted by atomic mass is 10.2. The van der Waals surface area contributed by atoms with Gasteiger partial charge in [-0.25, -0.2) is 13.6 Å². The van der Waals surface area contributed by atoms with Crippen molar-refractivity contribution in [3.05, 3.63) is 34.8 Å². The highest BCUT2D eigenvalue weighted by atomic mass is 32.2. The first-order chi connectivity index (χ1) is 9.47. The molecule has 1 aliphatic rings. The minimum absolute atomic E-state index is 0.0602. The fraction of sp³-hybridized carbons (Fsp3) is 0.182. The topological polar surface area (TPSA) is 106 Å². The van der Waals surface area contributed by atoms with E-state index in [1.54, 1.807) is 11.0 Å². The number of benzene rings is 1. The normalized spacial score (nSPS) is 14.3. The fourth-order valence-corrected chi connectivity index (χ4v) is 3.19. The zero-order chi connectivity index (χ0) is 14.3. The number of hydrogen-bond acceptors (Lipinski definition) is 6. The lowest BCUT2D eigenvalue weighted by Crippen LogP contribution is -2.28. The highest BCUT2D eigenvalue weighted by Crippen LogP contribution is 2.31. The van der Waals surface area contributed by atoms with Gasteiger partial charge in [-0.15, -0.1) is 5.10 Å². The molecule has 2 heterocycles. The zero-order valence-electron chi connectivity index (χ0n) is 10.2. The van der Waals surface area contributed by atoms with Gasteiger partial charge in [-0.2, -0.15) is 0 Å². The van der Waals surface area contributed by atoms with Gasteiger partial charge < -0.3 is 4.90 Å². The average molecular weight is 310 g/mol. The van der Waals surface area contributed by atoms with Crippen molar-refractivity contribution in [3.63, 3.8) is 0 Å². The first kappa shape index (κ1) is 13.2. The molecular weight excluding hydrogens is 300 g/mol. The number of carbonyl (C=O) groups is 1. The summed E-state index contributed by atoms with van der Waals surface area (Å²) in [7, 11) is -3.73. The van der Waals surface area contributed by atoms with Crippen LogP contribution in [-0.2, 0) is 16.4 Å². The molecule has 20 heavy (non-hydrogen) atoms. The standard InChI is InChI=1S/C11H10N4O3S2/c12-20(17,18)8-1-2-9-7(5-8)3-4-15(9)11(16)10-6-13-14-19-10/h1-2,5-6H,3-4H2,(H2,12,17,18). The van der Waals surface area contributed by atoms with E-state index in [1.165, 1.54) is 18.3 Å². The third-order valence-corrected chi connectivity index (χ3v) is 4.66. The number of aromatic nitrogens is 2. The molecule has 1 aromatic carbocycles. The molecule has 0 saturated heterocycles. The van der Waals surface area contributed by atoms with Crippen LogP contribution in [-0.4, -0.2) is 30.5 Å². The number of carbonyl (C=O) groups excluding carboxylic acids is 1. The monoisotopic (exact) mass is 310 g/mol. The Balaban J connectivity index is 1.98. The van der Waals surface area contributed by atoms with Crippen LogP contribution in [0.15, 0.2) is 29.3 Å². The maximum absolute atomic E-state index is 12.3. The molecule has 0 bridgehead atoms. The van der Waals surface area contributed by atoms with Gasteiger partial charge in [-0.1, -0.05) is 4.49 Å². The number of hydrogen-bond donors (Lipinski definition) is 1. The van der Waals surface area contributed by atoms with Crippen LogP contribution >= 0.6 is 11.5 Å². The van der Waals surface area contributed by atoms with E-state index in [0.717, 1.165) is 17.1 Å². The van der Waals surface area contributed by atoms with Crippen LogP contribution in [0.25, 0.3) is 0 Å². The van der Waals surface area contributed by atoms with Gasteiger partial charge in [0.25, 0.3) is 5.91 Å². The van der Waals surface area contributed by atoms with Crippen molar-refractivity contribution in [2.45, 2.75) is 11.3 Å². The molecule has 0 fully saturated rings. The first-order valence-corrected chi connectivity index (χ1v) is 8.04. The molecule has 2 N–H and O–H groups in total. The quantitative estimate of drug-likeness (QED) is 0.863. The van der Waals surface area contributed by atoms with Crippen LogP contribution in [0.4, 0.5) is 5.69 Å². The molecule has 0 atom stereocenters. The third kappa shape index (κ3) is 2.19. The summed E-state index contributed by atoms with van der Waals surface area (Å²) in [5.74, 6) is -0.179. The highest BCUT2D eigenvalue weighted by molar-refractivity contribution is 7.89. The van der Waals surface area contributed by atoms with Gasteiger partial charge in [0.2, 0.25) is 10.0 Å². The Labute approximate surface area is 119 Å². The molecule has 0 unspecified atom stereocenters. The molecule has 0 aliphatic carbocycles. The molecule has 0 spiro atoms. The molecule has 7 nitrogen and oxygen atoms in total. The second-order valence-corrected chi connectivity index (χ2v) is 6.67. The van der Waals surface area contributed by atoms with E-state index in [1.807, 2.05) is 0 Å². The fourth-order valence-electron chi connectivity index (χ4n) is 2.16. The van der Waals surface area contributed by atoms with Gasteiger partial charge in [0, 0.05) is 12.2 Å². The SMILES string of the molecule is NS(=O)(=O)c1ccc2c(c1)CCN2C(=O)c1cnns1. The molecule has 0 saturated carbocycles. The molecule has 1 amide bonds. The minimum atomic E-state index is -3.73. The Hall–Kier alpha value is -1.84. The Bertz CT molecular complexity index is 771. The van der Waals surface area contributed by atoms with E-state index in [0.29, 0.717) is 23.5 Å². The number of anilines is 1. The molecule has 2 aromatic rings. The van der Waals surface area contributed by atoms with E-state index < -0.39 is 10.0 Å². The summed E-state index contributed by atoms with van der Waals surface area (Å²) in [5.41, 5.74) is 1.50. The van der Waals surface area contributed by atoms with Gasteiger partial charge in [0.05, 0.1) is 11.1 Å². The van der Waals surface area contributed by atoms with Gasteiger partial charge in [0.15, 0.2) is 0 Å². The van der Waals surface area contributed by atoms with Gasteiger partial charge in [0.1, 0.15) is 4.88 Å². The molecule has 3 rings (SSSR count). The molecule has 9 heteroatoms. The summed E-state index contributed by atoms with van der Waals surface area (Å²) >= 11 is 1.03. The Kier molecular flexibility index (Phi) is 3.04. The van der Waals surface area contributed by atoms with Crippen molar-refractivity contribution in [2.24, 2.45) is 5.14 Å². The Morgan fingerprint density at radius 2 is 2.20 bits per heavy atom. The van der Waals surface area contributed by atoms with Gasteiger partial charge in [-0.05, 0) is 41.7 Å². The van der Waals surface area contributed by atoms with Gasteiger partial charge >= 0.3 is 0 Å². The van der Waals surface area contributed by atoms with Crippen LogP contribution < -0.4 is 10.0 Å². The predicted molar refractivity (Wildman–Crippen MR) is 73.1 cm³/mol. The lowest BCUT2D eigenvalue weighted by molar-refractivity contribution is 0.0993. The molecule has 1 aliphatic heterocycles. The van der Waals surface area contributed by atoms with E-state index in [9.17, 15) is 13.2 Å².